The molecular weight excluding hydrogens is 408 g/mol. The second kappa shape index (κ2) is 10.4. The van der Waals surface area contributed by atoms with Gasteiger partial charge in [-0.15, -0.1) is 0 Å². The maximum Gasteiger partial charge on any atom is 0.251 e. The van der Waals surface area contributed by atoms with E-state index in [1.807, 2.05) is 9.80 Å². The summed E-state index contributed by atoms with van der Waals surface area (Å²) < 4.78 is 4.95. The molecule has 0 bridgehead atoms. The molecule has 2 saturated heterocycles. The minimum Gasteiger partial charge on any atom is -0.375 e. The molecule has 8 nitrogen and oxygen atoms in total. The standard InChI is InChI=1S/C24H34N4O4/c1-32-16-23(31)27-11-8-18(9-12-27)24-25-20(14-21(29)26-24)19-7-4-10-28(15-19)22(30)13-17-5-2-3-6-17/h2,5,14,17-19H,3-4,6-13,15-16H2,1H3,(H,25,26,29). The van der Waals surface area contributed by atoms with Crippen molar-refractivity contribution in [3.63, 3.8) is 0 Å². The van der Waals surface area contributed by atoms with Crippen molar-refractivity contribution in [2.75, 3.05) is 39.9 Å². The van der Waals surface area contributed by atoms with Crippen LogP contribution in [0.1, 0.15) is 68.3 Å². The molecule has 0 aromatic carbocycles. The number of allylic oxidation sites excluding steroid dienone is 2. The van der Waals surface area contributed by atoms with Crippen molar-refractivity contribution in [3.8, 4) is 0 Å². The van der Waals surface area contributed by atoms with E-state index in [2.05, 4.69) is 17.1 Å². The molecule has 2 aliphatic heterocycles. The molecule has 2 atom stereocenters. The van der Waals surface area contributed by atoms with Crippen LogP contribution in [0.4, 0.5) is 0 Å². The van der Waals surface area contributed by atoms with Gasteiger partial charge >= 0.3 is 0 Å². The molecule has 3 aliphatic rings. The maximum absolute atomic E-state index is 12.8. The number of carbonyl (C=O) groups is 2. The van der Waals surface area contributed by atoms with Crippen LogP contribution in [-0.4, -0.2) is 71.5 Å². The van der Waals surface area contributed by atoms with Crippen molar-refractivity contribution >= 4 is 11.8 Å². The Kier molecular flexibility index (Phi) is 7.40. The quantitative estimate of drug-likeness (QED) is 0.682. The van der Waals surface area contributed by atoms with E-state index in [1.165, 1.54) is 7.11 Å². The number of hydrogen-bond acceptors (Lipinski definition) is 5. The van der Waals surface area contributed by atoms with Gasteiger partial charge in [-0.1, -0.05) is 12.2 Å². The highest BCUT2D eigenvalue weighted by Gasteiger charge is 2.29. The van der Waals surface area contributed by atoms with Crippen molar-refractivity contribution in [2.24, 2.45) is 5.92 Å². The number of hydrogen-bond donors (Lipinski definition) is 1. The van der Waals surface area contributed by atoms with Gasteiger partial charge in [-0.05, 0) is 44.4 Å². The number of nitrogens with one attached hydrogen (secondary N) is 1. The Hall–Kier alpha value is -2.48. The molecule has 2 unspecified atom stereocenters. The van der Waals surface area contributed by atoms with Gasteiger partial charge in [0.2, 0.25) is 11.8 Å². The maximum atomic E-state index is 12.8. The van der Waals surface area contributed by atoms with Crippen LogP contribution in [0.2, 0.25) is 0 Å². The molecule has 2 amide bonds. The van der Waals surface area contributed by atoms with E-state index < -0.39 is 0 Å². The zero-order chi connectivity index (χ0) is 22.5. The Labute approximate surface area is 189 Å². The number of ether oxygens (including phenoxy) is 1. The molecule has 4 rings (SSSR count). The summed E-state index contributed by atoms with van der Waals surface area (Å²) in [6.07, 6.45) is 10.5. The lowest BCUT2D eigenvalue weighted by molar-refractivity contribution is -0.136. The van der Waals surface area contributed by atoms with E-state index in [-0.39, 0.29) is 35.8 Å². The van der Waals surface area contributed by atoms with Gasteiger partial charge in [0.1, 0.15) is 12.4 Å². The molecule has 1 aliphatic carbocycles. The molecule has 0 saturated carbocycles. The Balaban J connectivity index is 1.40. The van der Waals surface area contributed by atoms with Crippen molar-refractivity contribution in [1.82, 2.24) is 19.8 Å². The highest BCUT2D eigenvalue weighted by atomic mass is 16.5. The van der Waals surface area contributed by atoms with E-state index >= 15 is 0 Å². The van der Waals surface area contributed by atoms with Gasteiger partial charge in [0.15, 0.2) is 0 Å². The highest BCUT2D eigenvalue weighted by molar-refractivity contribution is 5.77. The monoisotopic (exact) mass is 442 g/mol. The van der Waals surface area contributed by atoms with Gasteiger partial charge in [0.05, 0.1) is 5.69 Å². The number of amides is 2. The molecule has 32 heavy (non-hydrogen) atoms. The number of aromatic nitrogens is 2. The average molecular weight is 443 g/mol. The second-order valence-corrected chi connectivity index (χ2v) is 9.29. The molecule has 1 N–H and O–H groups in total. The summed E-state index contributed by atoms with van der Waals surface area (Å²) in [7, 11) is 1.52. The molecule has 174 valence electrons. The third-order valence-corrected chi connectivity index (χ3v) is 7.02. The number of nitrogens with zero attached hydrogens (tertiary/aromatic N) is 3. The SMILES string of the molecule is COCC(=O)N1CCC(c2nc(C3CCCN(C(=O)CC4C=CCC4)C3)cc(=O)[nH]2)CC1. The zero-order valence-corrected chi connectivity index (χ0v) is 18.9. The highest BCUT2D eigenvalue weighted by Crippen LogP contribution is 2.30. The summed E-state index contributed by atoms with van der Waals surface area (Å²) in [6, 6.07) is 1.60. The molecule has 8 heteroatoms. The summed E-state index contributed by atoms with van der Waals surface area (Å²) in [5, 5.41) is 0. The lowest BCUT2D eigenvalue weighted by atomic mass is 9.92. The van der Waals surface area contributed by atoms with Gasteiger partial charge in [-0.2, -0.15) is 0 Å². The number of H-pyrrole nitrogens is 1. The zero-order valence-electron chi connectivity index (χ0n) is 18.9. The van der Waals surface area contributed by atoms with Crippen LogP contribution in [0.15, 0.2) is 23.0 Å². The van der Waals surface area contributed by atoms with Crippen LogP contribution < -0.4 is 5.56 Å². The third-order valence-electron chi connectivity index (χ3n) is 7.02. The Morgan fingerprint density at radius 3 is 2.62 bits per heavy atom. The largest absolute Gasteiger partial charge is 0.375 e. The van der Waals surface area contributed by atoms with Crippen LogP contribution in [-0.2, 0) is 14.3 Å². The average Bonchev–Trinajstić information content (AvgIpc) is 3.32. The Bertz CT molecular complexity index is 904. The molecule has 2 fully saturated rings. The predicted molar refractivity (Wildman–Crippen MR) is 120 cm³/mol. The molecule has 0 spiro atoms. The summed E-state index contributed by atoms with van der Waals surface area (Å²) in [5.74, 6) is 1.52. The summed E-state index contributed by atoms with van der Waals surface area (Å²) in [6.45, 7) is 2.80. The number of aromatic amines is 1. The van der Waals surface area contributed by atoms with Gasteiger partial charge < -0.3 is 19.5 Å². The van der Waals surface area contributed by atoms with E-state index in [1.54, 1.807) is 6.07 Å². The number of rotatable bonds is 6. The first-order valence-electron chi connectivity index (χ1n) is 11.9. The van der Waals surface area contributed by atoms with E-state index in [0.717, 1.165) is 50.8 Å². The first kappa shape index (κ1) is 22.7. The number of piperidine rings is 2. The third kappa shape index (κ3) is 5.46. The van der Waals surface area contributed by atoms with Gasteiger partial charge in [-0.3, -0.25) is 14.4 Å². The fourth-order valence-corrected chi connectivity index (χ4v) is 5.18. The molecule has 0 radical (unpaired) electrons. The normalized spacial score (nSPS) is 24.2. The van der Waals surface area contributed by atoms with Crippen LogP contribution >= 0.6 is 0 Å². The van der Waals surface area contributed by atoms with E-state index in [9.17, 15) is 14.4 Å². The Morgan fingerprint density at radius 2 is 1.91 bits per heavy atom. The first-order valence-corrected chi connectivity index (χ1v) is 11.9. The van der Waals surface area contributed by atoms with Crippen LogP contribution in [0.5, 0.6) is 0 Å². The minimum atomic E-state index is -0.137. The number of methoxy groups -OCH3 is 1. The van der Waals surface area contributed by atoms with Crippen molar-refractivity contribution < 1.29 is 14.3 Å². The van der Waals surface area contributed by atoms with Gasteiger partial charge in [-0.25, -0.2) is 4.98 Å². The smallest absolute Gasteiger partial charge is 0.251 e. The Morgan fingerprint density at radius 1 is 1.09 bits per heavy atom. The van der Waals surface area contributed by atoms with Crippen molar-refractivity contribution in [3.05, 3.63) is 40.1 Å². The fraction of sp³-hybridized carbons (Fsp3) is 0.667. The van der Waals surface area contributed by atoms with Crippen LogP contribution in [0.25, 0.3) is 0 Å². The second-order valence-electron chi connectivity index (χ2n) is 9.29. The van der Waals surface area contributed by atoms with Gasteiger partial charge in [0.25, 0.3) is 5.56 Å². The molecule has 1 aromatic rings. The summed E-state index contributed by atoms with van der Waals surface area (Å²) in [5.41, 5.74) is 0.655. The number of likely N-dealkylation sites (tertiary alicyclic amines) is 2. The lowest BCUT2D eigenvalue weighted by Crippen LogP contribution is -2.41. The molecular formula is C24H34N4O4. The fourth-order valence-electron chi connectivity index (χ4n) is 5.18. The summed E-state index contributed by atoms with van der Waals surface area (Å²) >= 11 is 0. The number of carbonyl (C=O) groups excluding carboxylic acids is 2. The minimum absolute atomic E-state index is 0.00112. The van der Waals surface area contributed by atoms with Crippen LogP contribution in [0.3, 0.4) is 0 Å². The molecule has 3 heterocycles. The predicted octanol–water partition coefficient (Wildman–Crippen LogP) is 2.18. The van der Waals surface area contributed by atoms with Crippen LogP contribution in [0, 0.1) is 5.92 Å². The van der Waals surface area contributed by atoms with E-state index in [0.29, 0.717) is 37.8 Å². The summed E-state index contributed by atoms with van der Waals surface area (Å²) in [4.78, 5) is 48.8. The van der Waals surface area contributed by atoms with Crippen molar-refractivity contribution in [2.45, 2.75) is 56.8 Å². The van der Waals surface area contributed by atoms with Crippen molar-refractivity contribution in [1.29, 1.82) is 0 Å². The van der Waals surface area contributed by atoms with E-state index in [4.69, 9.17) is 9.72 Å². The van der Waals surface area contributed by atoms with Gasteiger partial charge in [0, 0.05) is 57.6 Å². The lowest BCUT2D eigenvalue weighted by Gasteiger charge is -2.34. The molecule has 1 aromatic heterocycles. The first-order chi connectivity index (χ1) is 15.5. The topological polar surface area (TPSA) is 95.6 Å².